The molecule has 16 atom stereocenters. The van der Waals surface area contributed by atoms with Gasteiger partial charge in [-0.15, -0.1) is 0 Å². The van der Waals surface area contributed by atoms with Crippen LogP contribution in [0.1, 0.15) is 19.3 Å². The normalized spacial score (nSPS) is 50.9. The fourth-order valence-corrected chi connectivity index (χ4v) is 5.84. The first-order valence-electron chi connectivity index (χ1n) is 13.6. The van der Waals surface area contributed by atoms with Crippen LogP contribution in [0.15, 0.2) is 0 Å². The Hall–Kier alpha value is -0.640. The van der Waals surface area contributed by atoms with Gasteiger partial charge in [0.1, 0.15) is 30.5 Å². The number of nitrogens with two attached hydrogens (primary N) is 4. The summed E-state index contributed by atoms with van der Waals surface area (Å²) < 4.78 is 29.9. The summed E-state index contributed by atoms with van der Waals surface area (Å²) in [6.07, 6.45) is -10.2. The lowest BCUT2D eigenvalue weighted by molar-refractivity contribution is -0.372. The predicted octanol–water partition coefficient (Wildman–Crippen LogP) is -6.33. The van der Waals surface area contributed by atoms with Gasteiger partial charge in [0.2, 0.25) is 0 Å². The van der Waals surface area contributed by atoms with Crippen LogP contribution >= 0.6 is 0 Å². The van der Waals surface area contributed by atoms with E-state index in [2.05, 4.69) is 10.6 Å². The third-order valence-electron chi connectivity index (χ3n) is 8.13. The molecular weight excluding hydrogens is 520 g/mol. The van der Waals surface area contributed by atoms with E-state index in [0.717, 1.165) is 0 Å². The van der Waals surface area contributed by atoms with E-state index in [-0.39, 0.29) is 19.4 Å². The number of rotatable bonds is 9. The van der Waals surface area contributed by atoms with Gasteiger partial charge in [-0.05, 0) is 19.9 Å². The van der Waals surface area contributed by atoms with E-state index in [1.54, 1.807) is 7.05 Å². The van der Waals surface area contributed by atoms with E-state index >= 15 is 0 Å². The van der Waals surface area contributed by atoms with Crippen molar-refractivity contribution in [3.8, 4) is 0 Å². The molecule has 0 aromatic carbocycles. The van der Waals surface area contributed by atoms with Gasteiger partial charge in [0.05, 0.1) is 43.0 Å². The molecule has 16 heteroatoms. The summed E-state index contributed by atoms with van der Waals surface area (Å²) in [5.41, 5.74) is 23.9. The van der Waals surface area contributed by atoms with Crippen molar-refractivity contribution in [2.45, 2.75) is 117 Å². The van der Waals surface area contributed by atoms with Gasteiger partial charge in [0.25, 0.3) is 0 Å². The number of nitrogens with one attached hydrogen (secondary N) is 2. The maximum Gasteiger partial charge on any atom is 0.189 e. The Morgan fingerprint density at radius 3 is 2.21 bits per heavy atom. The molecule has 0 aromatic rings. The first-order valence-corrected chi connectivity index (χ1v) is 13.6. The van der Waals surface area contributed by atoms with Crippen LogP contribution in [-0.2, 0) is 23.7 Å². The number of hydrogen-bond acceptors (Lipinski definition) is 16. The molecule has 3 heterocycles. The van der Waals surface area contributed by atoms with Gasteiger partial charge in [-0.25, -0.2) is 0 Å². The molecule has 0 amide bonds. The van der Waals surface area contributed by atoms with Crippen molar-refractivity contribution < 1.29 is 49.2 Å². The van der Waals surface area contributed by atoms with Crippen molar-refractivity contribution in [3.05, 3.63) is 0 Å². The number of aliphatic hydroxyl groups excluding tert-OH is 5. The zero-order valence-corrected chi connectivity index (χ0v) is 22.1. The molecular formula is C23H46N6O10. The Bertz CT molecular complexity index is 773. The van der Waals surface area contributed by atoms with Gasteiger partial charge in [-0.1, -0.05) is 0 Å². The van der Waals surface area contributed by atoms with Crippen LogP contribution in [0.2, 0.25) is 0 Å². The minimum Gasteiger partial charge on any atom is -0.394 e. The Morgan fingerprint density at radius 1 is 0.795 bits per heavy atom. The largest absolute Gasteiger partial charge is 0.394 e. The van der Waals surface area contributed by atoms with Crippen molar-refractivity contribution >= 4 is 0 Å². The highest BCUT2D eigenvalue weighted by Crippen LogP contribution is 2.35. The van der Waals surface area contributed by atoms with E-state index < -0.39 is 105 Å². The molecule has 15 N–H and O–H groups in total. The van der Waals surface area contributed by atoms with Gasteiger partial charge in [-0.2, -0.15) is 0 Å². The zero-order chi connectivity index (χ0) is 28.4. The highest BCUT2D eigenvalue weighted by Gasteiger charge is 2.53. The highest BCUT2D eigenvalue weighted by atomic mass is 16.8. The number of likely N-dealkylation sites (N-methyl/N-ethyl adjacent to an activating group) is 1. The van der Waals surface area contributed by atoms with E-state index in [4.69, 9.17) is 46.6 Å². The SMILES string of the molecule is CNC1C(O[C@H]2OC(CO)[C@@H](NCCN)[C@H](O)C2O)O[C@H]2CC(N)[C@@H](O[C@H]3CC(O)[C@H](N)CC3N)OC2C1O. The molecule has 4 aliphatic rings. The third kappa shape index (κ3) is 6.72. The van der Waals surface area contributed by atoms with Crippen molar-refractivity contribution in [2.24, 2.45) is 22.9 Å². The molecule has 228 valence electrons. The Morgan fingerprint density at radius 2 is 1.54 bits per heavy atom. The monoisotopic (exact) mass is 566 g/mol. The topological polar surface area (TPSA) is 275 Å². The van der Waals surface area contributed by atoms with Crippen molar-refractivity contribution in [2.75, 3.05) is 26.7 Å². The molecule has 1 aliphatic carbocycles. The number of aliphatic hydroxyl groups is 5. The number of hydrogen-bond donors (Lipinski definition) is 11. The zero-order valence-electron chi connectivity index (χ0n) is 22.1. The number of ether oxygens (including phenoxy) is 5. The summed E-state index contributed by atoms with van der Waals surface area (Å²) >= 11 is 0. The molecule has 3 aliphatic heterocycles. The summed E-state index contributed by atoms with van der Waals surface area (Å²) in [7, 11) is 1.60. The van der Waals surface area contributed by atoms with Crippen molar-refractivity contribution in [1.82, 2.24) is 10.6 Å². The first-order chi connectivity index (χ1) is 18.6. The molecule has 9 unspecified atom stereocenters. The standard InChI is InChI=1S/C23H46N6O10/c1-28-16-18(33)20-13(5-10(27)21(38-20)35-12-6-11(31)8(25)4-9(12)26)36-22(16)39-23-19(34)17(32)15(29-3-2-24)14(7-30)37-23/h8-23,28-34H,2-7,24-27H2,1H3/t8-,9?,10?,11?,12+,13+,14?,15-,16?,17+,18?,19?,20?,21+,22?,23-/m1/s1. The lowest BCUT2D eigenvalue weighted by atomic mass is 9.87. The molecule has 16 nitrogen and oxygen atoms in total. The molecule has 0 aromatic heterocycles. The average molecular weight is 567 g/mol. The molecule has 4 rings (SSSR count). The van der Waals surface area contributed by atoms with Crippen molar-refractivity contribution in [1.29, 1.82) is 0 Å². The Kier molecular flexibility index (Phi) is 10.9. The summed E-state index contributed by atoms with van der Waals surface area (Å²) in [6, 6.07) is -3.08. The van der Waals surface area contributed by atoms with Crippen LogP contribution in [0.5, 0.6) is 0 Å². The second-order valence-electron chi connectivity index (χ2n) is 10.9. The summed E-state index contributed by atoms with van der Waals surface area (Å²) in [5, 5.41) is 58.5. The molecule has 0 bridgehead atoms. The second-order valence-corrected chi connectivity index (χ2v) is 10.9. The quantitative estimate of drug-likeness (QED) is 0.124. The van der Waals surface area contributed by atoms with Gasteiger partial charge < -0.3 is 82.8 Å². The highest BCUT2D eigenvalue weighted by molar-refractivity contribution is 5.00. The fraction of sp³-hybridized carbons (Fsp3) is 1.00. The van der Waals surface area contributed by atoms with Crippen LogP contribution < -0.4 is 33.6 Å². The predicted molar refractivity (Wildman–Crippen MR) is 135 cm³/mol. The molecule has 3 saturated heterocycles. The van der Waals surface area contributed by atoms with Crippen LogP contribution in [0.25, 0.3) is 0 Å². The van der Waals surface area contributed by atoms with Crippen LogP contribution in [0.3, 0.4) is 0 Å². The maximum absolute atomic E-state index is 11.2. The van der Waals surface area contributed by atoms with Gasteiger partial charge in [-0.3, -0.25) is 0 Å². The lowest BCUT2D eigenvalue weighted by Gasteiger charge is -2.51. The smallest absolute Gasteiger partial charge is 0.189 e. The Balaban J connectivity index is 1.40. The summed E-state index contributed by atoms with van der Waals surface area (Å²) in [5.74, 6) is 0. The first kappa shape index (κ1) is 31.3. The average Bonchev–Trinajstić information content (AvgIpc) is 2.90. The maximum atomic E-state index is 11.2. The van der Waals surface area contributed by atoms with Gasteiger partial charge in [0.15, 0.2) is 18.9 Å². The number of fused-ring (bicyclic) bond motifs is 1. The second kappa shape index (κ2) is 13.6. The minimum absolute atomic E-state index is 0.240. The van der Waals surface area contributed by atoms with E-state index in [1.807, 2.05) is 0 Å². The van der Waals surface area contributed by atoms with E-state index in [1.165, 1.54) is 0 Å². The Labute approximate surface area is 227 Å². The molecule has 0 spiro atoms. The fourth-order valence-electron chi connectivity index (χ4n) is 5.84. The van der Waals surface area contributed by atoms with E-state index in [0.29, 0.717) is 13.0 Å². The van der Waals surface area contributed by atoms with Crippen LogP contribution in [0, 0.1) is 0 Å². The molecule has 4 fully saturated rings. The summed E-state index contributed by atoms with van der Waals surface area (Å²) in [4.78, 5) is 0. The summed E-state index contributed by atoms with van der Waals surface area (Å²) in [6.45, 7) is 0.184. The van der Waals surface area contributed by atoms with Crippen LogP contribution in [-0.4, -0.2) is 150 Å². The van der Waals surface area contributed by atoms with Crippen LogP contribution in [0.4, 0.5) is 0 Å². The van der Waals surface area contributed by atoms with Gasteiger partial charge >= 0.3 is 0 Å². The minimum atomic E-state index is -1.48. The molecule has 39 heavy (non-hydrogen) atoms. The van der Waals surface area contributed by atoms with Crippen molar-refractivity contribution in [3.63, 3.8) is 0 Å². The molecule has 1 saturated carbocycles. The van der Waals surface area contributed by atoms with Gasteiger partial charge in [0, 0.05) is 31.6 Å². The molecule has 0 radical (unpaired) electrons. The lowest BCUT2D eigenvalue weighted by Crippen LogP contribution is -2.70. The van der Waals surface area contributed by atoms with E-state index in [9.17, 15) is 25.5 Å². The third-order valence-corrected chi connectivity index (χ3v) is 8.13.